The fourth-order valence-electron chi connectivity index (χ4n) is 0.985. The van der Waals surface area contributed by atoms with Crippen LogP contribution in [0.1, 0.15) is 5.56 Å². The minimum Gasteiger partial charge on any atom is -0.250 e. The van der Waals surface area contributed by atoms with E-state index in [1.807, 2.05) is 6.07 Å². The highest BCUT2D eigenvalue weighted by Crippen LogP contribution is 2.24. The van der Waals surface area contributed by atoms with Gasteiger partial charge in [-0.3, -0.25) is 4.18 Å². The predicted octanol–water partition coefficient (Wildman–Crippen LogP) is 2.10. The standard InChI is InChI=1S/C11H9F3O3S/c12-11(13,14)18(15,16)17-9-5-4-8-10-6-2-1-3-7-10/h1-3,6-7H,8-9H2. The summed E-state index contributed by atoms with van der Waals surface area (Å²) in [5.41, 5.74) is -4.53. The van der Waals surface area contributed by atoms with Crippen molar-refractivity contribution in [2.24, 2.45) is 0 Å². The second-order valence-electron chi connectivity index (χ2n) is 3.18. The van der Waals surface area contributed by atoms with E-state index in [1.165, 1.54) is 0 Å². The van der Waals surface area contributed by atoms with Gasteiger partial charge in [-0.2, -0.15) is 21.6 Å². The molecule has 0 amide bonds. The van der Waals surface area contributed by atoms with Gasteiger partial charge in [0.25, 0.3) is 0 Å². The van der Waals surface area contributed by atoms with Crippen LogP contribution < -0.4 is 0 Å². The highest BCUT2D eigenvalue weighted by molar-refractivity contribution is 7.87. The summed E-state index contributed by atoms with van der Waals surface area (Å²) in [7, 11) is -5.55. The van der Waals surface area contributed by atoms with E-state index in [4.69, 9.17) is 0 Å². The van der Waals surface area contributed by atoms with Gasteiger partial charge in [0.05, 0.1) is 0 Å². The van der Waals surface area contributed by atoms with Crippen molar-refractivity contribution in [3.63, 3.8) is 0 Å². The maximum Gasteiger partial charge on any atom is 0.523 e. The Kier molecular flexibility index (Phi) is 4.76. The smallest absolute Gasteiger partial charge is 0.250 e. The van der Waals surface area contributed by atoms with Gasteiger partial charge in [-0.05, 0) is 5.56 Å². The number of hydrogen-bond donors (Lipinski definition) is 0. The molecule has 1 rings (SSSR count). The van der Waals surface area contributed by atoms with Crippen molar-refractivity contribution in [2.75, 3.05) is 6.61 Å². The summed E-state index contributed by atoms with van der Waals surface area (Å²) in [6, 6.07) is 8.99. The normalized spacial score (nSPS) is 11.7. The fraction of sp³-hybridized carbons (Fsp3) is 0.273. The summed E-state index contributed by atoms with van der Waals surface area (Å²) in [6.45, 7) is -0.811. The molecule has 0 aliphatic heterocycles. The van der Waals surface area contributed by atoms with Crippen LogP contribution in [-0.4, -0.2) is 20.5 Å². The first-order valence-electron chi connectivity index (χ1n) is 4.78. The van der Waals surface area contributed by atoms with Gasteiger partial charge in [0.2, 0.25) is 0 Å². The quantitative estimate of drug-likeness (QED) is 0.483. The summed E-state index contributed by atoms with van der Waals surface area (Å²) in [5, 5.41) is 0. The van der Waals surface area contributed by atoms with Gasteiger partial charge in [-0.25, -0.2) is 0 Å². The zero-order valence-electron chi connectivity index (χ0n) is 9.07. The van der Waals surface area contributed by atoms with E-state index >= 15 is 0 Å². The second-order valence-corrected chi connectivity index (χ2v) is 4.78. The van der Waals surface area contributed by atoms with E-state index in [-0.39, 0.29) is 0 Å². The molecule has 98 valence electrons. The molecule has 0 aliphatic carbocycles. The molecular formula is C11H9F3O3S. The molecule has 3 nitrogen and oxygen atoms in total. The van der Waals surface area contributed by atoms with Crippen LogP contribution in [0.2, 0.25) is 0 Å². The number of halogens is 3. The maximum absolute atomic E-state index is 11.8. The second kappa shape index (κ2) is 5.89. The van der Waals surface area contributed by atoms with Gasteiger partial charge in [0.1, 0.15) is 6.61 Å². The molecule has 0 radical (unpaired) electrons. The van der Waals surface area contributed by atoms with Crippen molar-refractivity contribution in [3.05, 3.63) is 35.9 Å². The molecule has 18 heavy (non-hydrogen) atoms. The minimum absolute atomic E-state index is 0.316. The molecule has 0 fully saturated rings. The number of rotatable bonds is 3. The molecule has 1 aromatic carbocycles. The molecule has 0 atom stereocenters. The van der Waals surface area contributed by atoms with Crippen LogP contribution in [0, 0.1) is 11.8 Å². The van der Waals surface area contributed by atoms with Gasteiger partial charge in [-0.15, -0.1) is 0 Å². The van der Waals surface area contributed by atoms with E-state index in [1.54, 1.807) is 24.3 Å². The Balaban J connectivity index is 2.45. The molecule has 0 aliphatic rings. The lowest BCUT2D eigenvalue weighted by molar-refractivity contribution is -0.0534. The SMILES string of the molecule is O=S(=O)(OCC#CCc1ccccc1)C(F)(F)F. The zero-order chi connectivity index (χ0) is 13.6. The lowest BCUT2D eigenvalue weighted by Crippen LogP contribution is -2.25. The number of alkyl halides is 3. The third-order valence-corrected chi connectivity index (χ3v) is 2.83. The Morgan fingerprint density at radius 1 is 1.11 bits per heavy atom. The highest BCUT2D eigenvalue weighted by atomic mass is 32.2. The first-order valence-corrected chi connectivity index (χ1v) is 6.19. The average Bonchev–Trinajstić information content (AvgIpc) is 2.28. The molecule has 0 saturated heterocycles. The van der Waals surface area contributed by atoms with Crippen LogP contribution in [0.15, 0.2) is 30.3 Å². The lowest BCUT2D eigenvalue weighted by Gasteiger charge is -2.05. The first kappa shape index (κ1) is 14.5. The molecule has 0 bridgehead atoms. The van der Waals surface area contributed by atoms with E-state index in [0.717, 1.165) is 5.56 Å². The summed E-state index contributed by atoms with van der Waals surface area (Å²) >= 11 is 0. The summed E-state index contributed by atoms with van der Waals surface area (Å²) in [6.07, 6.45) is 0.316. The van der Waals surface area contributed by atoms with Crippen molar-refractivity contribution >= 4 is 10.1 Å². The monoisotopic (exact) mass is 278 g/mol. The van der Waals surface area contributed by atoms with Crippen LogP contribution in [-0.2, 0) is 20.7 Å². The summed E-state index contributed by atoms with van der Waals surface area (Å²) in [4.78, 5) is 0. The molecule has 0 heterocycles. The Morgan fingerprint density at radius 3 is 2.28 bits per heavy atom. The van der Waals surface area contributed by atoms with E-state index in [9.17, 15) is 21.6 Å². The lowest BCUT2D eigenvalue weighted by atomic mass is 10.2. The molecule has 0 aromatic heterocycles. The van der Waals surface area contributed by atoms with Crippen LogP contribution in [0.25, 0.3) is 0 Å². The average molecular weight is 278 g/mol. The summed E-state index contributed by atoms with van der Waals surface area (Å²) < 4.78 is 60.2. The fourth-order valence-corrected chi connectivity index (χ4v) is 1.33. The predicted molar refractivity (Wildman–Crippen MR) is 58.8 cm³/mol. The molecule has 0 N–H and O–H groups in total. The van der Waals surface area contributed by atoms with Crippen molar-refractivity contribution < 1.29 is 25.8 Å². The number of hydrogen-bond acceptors (Lipinski definition) is 3. The van der Waals surface area contributed by atoms with Crippen LogP contribution >= 0.6 is 0 Å². The minimum atomic E-state index is -5.55. The largest absolute Gasteiger partial charge is 0.523 e. The van der Waals surface area contributed by atoms with Crippen LogP contribution in [0.5, 0.6) is 0 Å². The maximum atomic E-state index is 11.8. The van der Waals surface area contributed by atoms with Crippen molar-refractivity contribution in [2.45, 2.75) is 11.9 Å². The Hall–Kier alpha value is -1.52. The Bertz CT molecular complexity index is 538. The molecule has 0 spiro atoms. The Labute approximate surface area is 103 Å². The highest BCUT2D eigenvalue weighted by Gasteiger charge is 2.47. The van der Waals surface area contributed by atoms with Gasteiger partial charge in [0.15, 0.2) is 0 Å². The topological polar surface area (TPSA) is 43.4 Å². The molecule has 0 unspecified atom stereocenters. The van der Waals surface area contributed by atoms with E-state index < -0.39 is 22.2 Å². The van der Waals surface area contributed by atoms with Crippen LogP contribution in [0.3, 0.4) is 0 Å². The van der Waals surface area contributed by atoms with Crippen molar-refractivity contribution in [1.82, 2.24) is 0 Å². The third-order valence-electron chi connectivity index (χ3n) is 1.83. The molecule has 7 heteroatoms. The zero-order valence-corrected chi connectivity index (χ0v) is 9.88. The number of benzene rings is 1. The van der Waals surface area contributed by atoms with E-state index in [0.29, 0.717) is 6.42 Å². The first-order chi connectivity index (χ1) is 8.33. The summed E-state index contributed by atoms with van der Waals surface area (Å²) in [5.74, 6) is 4.73. The molecule has 1 aromatic rings. The molecule has 0 saturated carbocycles. The van der Waals surface area contributed by atoms with Gasteiger partial charge in [0, 0.05) is 6.42 Å². The van der Waals surface area contributed by atoms with Gasteiger partial charge >= 0.3 is 15.6 Å². The van der Waals surface area contributed by atoms with E-state index in [2.05, 4.69) is 16.0 Å². The van der Waals surface area contributed by atoms with Gasteiger partial charge < -0.3 is 0 Å². The van der Waals surface area contributed by atoms with Crippen molar-refractivity contribution in [1.29, 1.82) is 0 Å². The van der Waals surface area contributed by atoms with Crippen molar-refractivity contribution in [3.8, 4) is 11.8 Å². The third kappa shape index (κ3) is 4.39. The Morgan fingerprint density at radius 2 is 1.72 bits per heavy atom. The van der Waals surface area contributed by atoms with Gasteiger partial charge in [-0.1, -0.05) is 42.2 Å². The van der Waals surface area contributed by atoms with Crippen LogP contribution in [0.4, 0.5) is 13.2 Å². The molecular weight excluding hydrogens is 269 g/mol.